The van der Waals surface area contributed by atoms with Gasteiger partial charge in [-0.3, -0.25) is 9.59 Å². The van der Waals surface area contributed by atoms with Crippen LogP contribution in [0.5, 0.6) is 0 Å². The average molecular weight is 709 g/mol. The predicted molar refractivity (Wildman–Crippen MR) is 216 cm³/mol. The number of carboxylic acid groups (broad SMARTS) is 2. The lowest BCUT2D eigenvalue weighted by atomic mass is 9.74. The van der Waals surface area contributed by atoms with Crippen LogP contribution in [0, 0.1) is 10.8 Å². The van der Waals surface area contributed by atoms with E-state index in [9.17, 15) is 19.8 Å². The Bertz CT molecular complexity index is 732. The molecule has 0 aromatic rings. The summed E-state index contributed by atoms with van der Waals surface area (Å²) in [5.74, 6) is -1.13. The maximum atomic E-state index is 12.8. The Morgan fingerprint density at radius 3 is 0.920 bits per heavy atom. The summed E-state index contributed by atoms with van der Waals surface area (Å²) in [7, 11) is 4.25. The van der Waals surface area contributed by atoms with Gasteiger partial charge >= 0.3 is 11.9 Å². The van der Waals surface area contributed by atoms with Gasteiger partial charge in [-0.1, -0.05) is 169 Å². The van der Waals surface area contributed by atoms with Gasteiger partial charge in [-0.15, -0.1) is 0 Å². The van der Waals surface area contributed by atoms with Crippen molar-refractivity contribution < 1.29 is 19.8 Å². The highest BCUT2D eigenvalue weighted by atomic mass is 16.4. The molecule has 2 unspecified atom stereocenters. The van der Waals surface area contributed by atoms with E-state index in [1.54, 1.807) is 0 Å². The SMILES string of the molecule is CCCCCCCCC(CCCCCC)(CCCCN(CCCCC(CCCCCC)(CCCCCCCC)C(=O)O)CCN(C)C)C(=O)O. The first kappa shape index (κ1) is 48.9. The zero-order chi connectivity index (χ0) is 37.4. The molecule has 0 aliphatic rings. The van der Waals surface area contributed by atoms with Crippen LogP contribution in [-0.2, 0) is 9.59 Å². The Morgan fingerprint density at radius 2 is 0.640 bits per heavy atom. The van der Waals surface area contributed by atoms with Crippen LogP contribution in [0.25, 0.3) is 0 Å². The molecular weight excluding hydrogens is 620 g/mol. The highest BCUT2D eigenvalue weighted by Gasteiger charge is 2.37. The van der Waals surface area contributed by atoms with Gasteiger partial charge in [0.05, 0.1) is 10.8 Å². The first-order valence-corrected chi connectivity index (χ1v) is 22.0. The van der Waals surface area contributed by atoms with Crippen molar-refractivity contribution >= 4 is 11.9 Å². The van der Waals surface area contributed by atoms with Crippen LogP contribution >= 0.6 is 0 Å². The summed E-state index contributed by atoms with van der Waals surface area (Å²) in [4.78, 5) is 30.5. The van der Waals surface area contributed by atoms with Crippen LogP contribution in [0.3, 0.4) is 0 Å². The molecular formula is C44H88N2O4. The summed E-state index contributed by atoms with van der Waals surface area (Å²) in [5, 5.41) is 21.1. The number of hydrogen-bond acceptors (Lipinski definition) is 4. The quantitative estimate of drug-likeness (QED) is 0.0619. The van der Waals surface area contributed by atoms with Gasteiger partial charge in [0, 0.05) is 13.1 Å². The van der Waals surface area contributed by atoms with Crippen molar-refractivity contribution in [3.8, 4) is 0 Å². The molecule has 0 spiro atoms. The minimum absolute atomic E-state index is 0.565. The number of aliphatic carboxylic acids is 2. The van der Waals surface area contributed by atoms with Crippen LogP contribution in [0.1, 0.15) is 220 Å². The number of unbranched alkanes of at least 4 members (excludes halogenated alkanes) is 18. The summed E-state index contributed by atoms with van der Waals surface area (Å²) >= 11 is 0. The Balaban J connectivity index is 5.30. The van der Waals surface area contributed by atoms with Gasteiger partial charge in [-0.25, -0.2) is 0 Å². The second-order valence-electron chi connectivity index (χ2n) is 16.4. The van der Waals surface area contributed by atoms with Crippen molar-refractivity contribution in [2.75, 3.05) is 40.3 Å². The van der Waals surface area contributed by atoms with Gasteiger partial charge in [0.15, 0.2) is 0 Å². The predicted octanol–water partition coefficient (Wildman–Crippen LogP) is 12.8. The summed E-state index contributed by atoms with van der Waals surface area (Å²) in [5.41, 5.74) is -1.14. The van der Waals surface area contributed by atoms with Gasteiger partial charge in [0.25, 0.3) is 0 Å². The highest BCUT2D eigenvalue weighted by molar-refractivity contribution is 5.75. The summed E-state index contributed by atoms with van der Waals surface area (Å²) in [6.07, 6.45) is 32.4. The second kappa shape index (κ2) is 32.5. The van der Waals surface area contributed by atoms with E-state index in [1.807, 2.05) is 0 Å². The lowest BCUT2D eigenvalue weighted by Gasteiger charge is -2.31. The Kier molecular flexibility index (Phi) is 31.8. The van der Waals surface area contributed by atoms with Crippen molar-refractivity contribution in [1.82, 2.24) is 9.80 Å². The normalized spacial score (nSPS) is 14.3. The molecule has 0 fully saturated rings. The lowest BCUT2D eigenvalue weighted by Crippen LogP contribution is -2.35. The molecule has 6 heteroatoms. The summed E-state index contributed by atoms with van der Waals surface area (Å²) < 4.78 is 0. The third-order valence-electron chi connectivity index (χ3n) is 11.6. The molecule has 6 nitrogen and oxygen atoms in total. The van der Waals surface area contributed by atoms with Crippen LogP contribution in [0.2, 0.25) is 0 Å². The maximum absolute atomic E-state index is 12.8. The van der Waals surface area contributed by atoms with Crippen molar-refractivity contribution in [2.24, 2.45) is 10.8 Å². The number of rotatable bonds is 39. The van der Waals surface area contributed by atoms with E-state index in [0.717, 1.165) is 142 Å². The zero-order valence-electron chi connectivity index (χ0n) is 34.6. The first-order valence-electron chi connectivity index (χ1n) is 22.0. The average Bonchev–Trinajstić information content (AvgIpc) is 3.09. The van der Waals surface area contributed by atoms with Crippen LogP contribution < -0.4 is 0 Å². The van der Waals surface area contributed by atoms with Gasteiger partial charge in [0.2, 0.25) is 0 Å². The molecule has 0 heterocycles. The third-order valence-corrected chi connectivity index (χ3v) is 11.6. The Morgan fingerprint density at radius 1 is 0.380 bits per heavy atom. The summed E-state index contributed by atoms with van der Waals surface area (Å²) in [6, 6.07) is 0. The van der Waals surface area contributed by atoms with E-state index < -0.39 is 22.8 Å². The first-order chi connectivity index (χ1) is 24.1. The molecule has 0 aliphatic heterocycles. The van der Waals surface area contributed by atoms with E-state index in [2.05, 4.69) is 51.6 Å². The molecule has 0 saturated carbocycles. The molecule has 0 amide bonds. The lowest BCUT2D eigenvalue weighted by molar-refractivity contribution is -0.151. The van der Waals surface area contributed by atoms with Crippen LogP contribution in [-0.4, -0.2) is 72.2 Å². The molecule has 2 atom stereocenters. The molecule has 0 aromatic heterocycles. The molecule has 0 aromatic carbocycles. The third kappa shape index (κ3) is 24.2. The maximum Gasteiger partial charge on any atom is 0.309 e. The van der Waals surface area contributed by atoms with Gasteiger partial charge < -0.3 is 20.0 Å². The standard InChI is InChI=1S/C44H88N2O4/c1-7-11-15-19-21-25-33-43(41(47)48,31-23-17-13-9-3)35-27-29-37-46(40-39-45(5)6)38-30-28-36-44(42(49)50,32-24-18-14-10-4)34-26-22-20-16-12-8-2/h7-40H2,1-6H3,(H,47,48)(H,49,50). The number of likely N-dealkylation sites (N-methyl/N-ethyl adjacent to an activating group) is 1. The monoisotopic (exact) mass is 709 g/mol. The zero-order valence-corrected chi connectivity index (χ0v) is 34.6. The minimum Gasteiger partial charge on any atom is -0.481 e. The molecule has 0 radical (unpaired) electrons. The molecule has 0 saturated heterocycles. The molecule has 50 heavy (non-hydrogen) atoms. The molecule has 298 valence electrons. The van der Waals surface area contributed by atoms with E-state index in [4.69, 9.17) is 0 Å². The van der Waals surface area contributed by atoms with Crippen molar-refractivity contribution in [3.63, 3.8) is 0 Å². The topological polar surface area (TPSA) is 81.1 Å². The second-order valence-corrected chi connectivity index (χ2v) is 16.4. The van der Waals surface area contributed by atoms with E-state index in [1.165, 1.54) is 77.0 Å². The smallest absolute Gasteiger partial charge is 0.309 e. The molecule has 0 rings (SSSR count). The molecule has 2 N–H and O–H groups in total. The highest BCUT2D eigenvalue weighted by Crippen LogP contribution is 2.39. The Hall–Kier alpha value is -1.14. The fourth-order valence-corrected chi connectivity index (χ4v) is 7.93. The number of nitrogens with zero attached hydrogens (tertiary/aromatic N) is 2. The van der Waals surface area contributed by atoms with E-state index in [-0.39, 0.29) is 0 Å². The van der Waals surface area contributed by atoms with Crippen LogP contribution in [0.4, 0.5) is 0 Å². The van der Waals surface area contributed by atoms with Gasteiger partial charge in [-0.2, -0.15) is 0 Å². The Labute approximate surface area is 312 Å². The van der Waals surface area contributed by atoms with Crippen LogP contribution in [0.15, 0.2) is 0 Å². The number of carbonyl (C=O) groups is 2. The van der Waals surface area contributed by atoms with E-state index >= 15 is 0 Å². The summed E-state index contributed by atoms with van der Waals surface area (Å²) in [6.45, 7) is 12.9. The fraction of sp³-hybridized carbons (Fsp3) is 0.955. The fourth-order valence-electron chi connectivity index (χ4n) is 7.93. The molecule has 0 bridgehead atoms. The number of hydrogen-bond donors (Lipinski definition) is 2. The van der Waals surface area contributed by atoms with Gasteiger partial charge in [-0.05, 0) is 78.6 Å². The van der Waals surface area contributed by atoms with Crippen molar-refractivity contribution in [1.29, 1.82) is 0 Å². The van der Waals surface area contributed by atoms with E-state index in [0.29, 0.717) is 0 Å². The molecule has 0 aliphatic carbocycles. The van der Waals surface area contributed by atoms with Crippen molar-refractivity contribution in [2.45, 2.75) is 220 Å². The minimum atomic E-state index is -0.569. The number of carboxylic acids is 2. The largest absolute Gasteiger partial charge is 0.481 e. The van der Waals surface area contributed by atoms with Gasteiger partial charge in [0.1, 0.15) is 0 Å². The van der Waals surface area contributed by atoms with Crippen molar-refractivity contribution in [3.05, 3.63) is 0 Å².